The molecule has 0 unspecified atom stereocenters. The molecule has 6 rings (SSSR count). The summed E-state index contributed by atoms with van der Waals surface area (Å²) < 4.78 is 37.7. The largest absolute Gasteiger partial charge is 0.497 e. The number of ether oxygens (including phenoxy) is 1. The highest BCUT2D eigenvalue weighted by Crippen LogP contribution is 2.60. The third-order valence-corrected chi connectivity index (χ3v) is 9.92. The molecule has 0 fully saturated rings. The van der Waals surface area contributed by atoms with E-state index in [2.05, 4.69) is 83.8 Å². The Morgan fingerprint density at radius 3 is 1.95 bits per heavy atom. The average Bonchev–Trinajstić information content (AvgIpc) is 3.27. The van der Waals surface area contributed by atoms with Crippen LogP contribution < -0.4 is 9.64 Å². The van der Waals surface area contributed by atoms with Gasteiger partial charge < -0.3 is 9.64 Å². The molecular formula is C37H34N2O3S. The van der Waals surface area contributed by atoms with Gasteiger partial charge in [0.25, 0.3) is 10.0 Å². The molecule has 0 radical (unpaired) electrons. The van der Waals surface area contributed by atoms with Crippen LogP contribution in [0.25, 0.3) is 0 Å². The first kappa shape index (κ1) is 28.4. The van der Waals surface area contributed by atoms with Gasteiger partial charge in [0.2, 0.25) is 0 Å². The lowest BCUT2D eigenvalue weighted by Gasteiger charge is -2.47. The molecule has 0 aromatic heterocycles. The van der Waals surface area contributed by atoms with E-state index >= 15 is 0 Å². The zero-order chi connectivity index (χ0) is 30.1. The summed E-state index contributed by atoms with van der Waals surface area (Å²) in [5.41, 5.74) is 4.42. The number of hydrogen-bond donors (Lipinski definition) is 0. The quantitative estimate of drug-likeness (QED) is 0.175. The Bertz CT molecular complexity index is 1860. The van der Waals surface area contributed by atoms with E-state index < -0.39 is 21.0 Å². The van der Waals surface area contributed by atoms with Crippen molar-refractivity contribution in [3.05, 3.63) is 161 Å². The van der Waals surface area contributed by atoms with E-state index in [4.69, 9.17) is 4.74 Å². The highest BCUT2D eigenvalue weighted by molar-refractivity contribution is 7.90. The summed E-state index contributed by atoms with van der Waals surface area (Å²) >= 11 is 0. The van der Waals surface area contributed by atoms with Crippen LogP contribution in [0, 0.1) is 6.92 Å². The Morgan fingerprint density at radius 2 is 1.35 bits per heavy atom. The zero-order valence-corrected chi connectivity index (χ0v) is 25.3. The summed E-state index contributed by atoms with van der Waals surface area (Å²) in [6.45, 7) is 4.78. The second-order valence-corrected chi connectivity index (χ2v) is 12.7. The molecule has 0 saturated heterocycles. The molecule has 0 bridgehead atoms. The van der Waals surface area contributed by atoms with Crippen LogP contribution in [0.3, 0.4) is 0 Å². The second kappa shape index (κ2) is 11.2. The topological polar surface area (TPSA) is 59.0 Å². The molecule has 0 saturated carbocycles. The van der Waals surface area contributed by atoms with Crippen molar-refractivity contribution in [2.24, 2.45) is 4.40 Å². The number of methoxy groups -OCH3 is 1. The van der Waals surface area contributed by atoms with Gasteiger partial charge in [0.1, 0.15) is 11.3 Å². The predicted molar refractivity (Wildman–Crippen MR) is 173 cm³/mol. The van der Waals surface area contributed by atoms with Gasteiger partial charge in [0, 0.05) is 18.4 Å². The van der Waals surface area contributed by atoms with Crippen molar-refractivity contribution >= 4 is 21.9 Å². The van der Waals surface area contributed by atoms with Crippen LogP contribution in [0.1, 0.15) is 34.7 Å². The van der Waals surface area contributed by atoms with Crippen molar-refractivity contribution in [3.63, 3.8) is 0 Å². The van der Waals surface area contributed by atoms with Gasteiger partial charge in [0.05, 0.1) is 17.4 Å². The molecule has 43 heavy (non-hydrogen) atoms. The van der Waals surface area contributed by atoms with E-state index in [1.165, 1.54) is 5.56 Å². The number of nitrogens with zero attached hydrogens (tertiary/aromatic N) is 2. The SMILES string of the molecule is COc1ccc2c(c1)[C@@](C)(c1ccccc1)[C@@](/C=N/S(=O)(=O)c1ccccc1)(c1ccccc1)N2Cc1ccc(C)cc1. The molecule has 1 aliphatic heterocycles. The third kappa shape index (κ3) is 4.82. The summed E-state index contributed by atoms with van der Waals surface area (Å²) in [6, 6.07) is 43.3. The minimum atomic E-state index is -4.01. The first-order chi connectivity index (χ1) is 20.8. The average molecular weight is 587 g/mol. The van der Waals surface area contributed by atoms with Crippen molar-refractivity contribution in [1.82, 2.24) is 0 Å². The second-order valence-electron chi connectivity index (χ2n) is 11.1. The standard InChI is InChI=1S/C37H34N2O3S/c1-28-19-21-29(22-20-28)26-39-35-24-23-32(42-3)25-34(35)36(2,30-13-7-4-8-14-30)37(39,31-15-9-5-10-16-31)27-38-43(40,41)33-17-11-6-12-18-33/h4-25,27H,26H2,1-3H3/b38-27+/t36-,37-/m1/s1. The molecule has 5 nitrogen and oxygen atoms in total. The maximum absolute atomic E-state index is 13.7. The highest BCUT2D eigenvalue weighted by Gasteiger charge is 2.60. The van der Waals surface area contributed by atoms with E-state index in [9.17, 15) is 8.42 Å². The van der Waals surface area contributed by atoms with Gasteiger partial charge in [-0.25, -0.2) is 0 Å². The van der Waals surface area contributed by atoms with E-state index in [0.29, 0.717) is 6.54 Å². The molecule has 5 aromatic carbocycles. The van der Waals surface area contributed by atoms with E-state index in [-0.39, 0.29) is 4.90 Å². The Kier molecular flexibility index (Phi) is 7.40. The molecule has 0 amide bonds. The van der Waals surface area contributed by atoms with Gasteiger partial charge in [0.15, 0.2) is 0 Å². The number of hydrogen-bond acceptors (Lipinski definition) is 4. The maximum Gasteiger partial charge on any atom is 0.282 e. The molecule has 5 aromatic rings. The lowest BCUT2D eigenvalue weighted by atomic mass is 9.62. The summed E-state index contributed by atoms with van der Waals surface area (Å²) in [5, 5.41) is 0. The van der Waals surface area contributed by atoms with E-state index in [1.54, 1.807) is 43.7 Å². The number of sulfonamides is 1. The molecular weight excluding hydrogens is 552 g/mol. The molecule has 0 N–H and O–H groups in total. The predicted octanol–water partition coefficient (Wildman–Crippen LogP) is 7.69. The normalized spacial score (nSPS) is 19.8. The summed E-state index contributed by atoms with van der Waals surface area (Å²) in [5.74, 6) is 0.730. The number of rotatable bonds is 8. The number of fused-ring (bicyclic) bond motifs is 1. The molecule has 0 aliphatic carbocycles. The molecule has 2 atom stereocenters. The Balaban J connectivity index is 1.70. The summed E-state index contributed by atoms with van der Waals surface area (Å²) in [4.78, 5) is 2.46. The minimum absolute atomic E-state index is 0.151. The van der Waals surface area contributed by atoms with Crippen molar-refractivity contribution in [3.8, 4) is 5.75 Å². The van der Waals surface area contributed by atoms with Crippen LogP contribution in [0.4, 0.5) is 5.69 Å². The number of benzene rings is 5. The Labute approximate surface area is 254 Å². The van der Waals surface area contributed by atoms with Gasteiger partial charge in [-0.1, -0.05) is 109 Å². The smallest absolute Gasteiger partial charge is 0.282 e. The lowest BCUT2D eigenvalue weighted by Crippen LogP contribution is -2.56. The fraction of sp³-hybridized carbons (Fsp3) is 0.162. The fourth-order valence-corrected chi connectivity index (χ4v) is 7.30. The molecule has 216 valence electrons. The molecule has 1 heterocycles. The Hall–Kier alpha value is -4.68. The first-order valence-electron chi connectivity index (χ1n) is 14.3. The van der Waals surface area contributed by atoms with E-state index in [0.717, 1.165) is 33.7 Å². The maximum atomic E-state index is 13.7. The van der Waals surface area contributed by atoms with Gasteiger partial charge in [-0.3, -0.25) is 0 Å². The molecule has 6 heteroatoms. The van der Waals surface area contributed by atoms with Crippen LogP contribution in [0.2, 0.25) is 0 Å². The van der Waals surface area contributed by atoms with Crippen LogP contribution in [-0.4, -0.2) is 21.7 Å². The fourth-order valence-electron chi connectivity index (χ4n) is 6.39. The van der Waals surface area contributed by atoms with Crippen molar-refractivity contribution < 1.29 is 13.2 Å². The van der Waals surface area contributed by atoms with Crippen molar-refractivity contribution in [1.29, 1.82) is 0 Å². The van der Waals surface area contributed by atoms with Crippen LogP contribution in [0.15, 0.2) is 143 Å². The minimum Gasteiger partial charge on any atom is -0.497 e. The number of aryl methyl sites for hydroxylation is 1. The van der Waals surface area contributed by atoms with Crippen molar-refractivity contribution in [2.45, 2.75) is 36.2 Å². The van der Waals surface area contributed by atoms with Gasteiger partial charge in [-0.05, 0) is 66.4 Å². The molecule has 0 spiro atoms. The summed E-state index contributed by atoms with van der Waals surface area (Å²) in [7, 11) is -2.34. The van der Waals surface area contributed by atoms with Gasteiger partial charge in [-0.15, -0.1) is 0 Å². The van der Waals surface area contributed by atoms with E-state index in [1.807, 2.05) is 42.5 Å². The molecule has 1 aliphatic rings. The van der Waals surface area contributed by atoms with Crippen LogP contribution in [-0.2, 0) is 27.5 Å². The highest BCUT2D eigenvalue weighted by atomic mass is 32.2. The third-order valence-electron chi connectivity index (χ3n) is 8.67. The number of anilines is 1. The van der Waals surface area contributed by atoms with Crippen molar-refractivity contribution in [2.75, 3.05) is 12.0 Å². The Morgan fingerprint density at radius 1 is 0.767 bits per heavy atom. The summed E-state index contributed by atoms with van der Waals surface area (Å²) in [6.07, 6.45) is 1.67. The zero-order valence-electron chi connectivity index (χ0n) is 24.5. The lowest BCUT2D eigenvalue weighted by molar-refractivity contribution is 0.385. The monoisotopic (exact) mass is 586 g/mol. The van der Waals surface area contributed by atoms with Gasteiger partial charge >= 0.3 is 0 Å². The van der Waals surface area contributed by atoms with Crippen LogP contribution >= 0.6 is 0 Å². The van der Waals surface area contributed by atoms with Crippen LogP contribution in [0.5, 0.6) is 5.75 Å². The first-order valence-corrected chi connectivity index (χ1v) is 15.7. The van der Waals surface area contributed by atoms with Gasteiger partial charge in [-0.2, -0.15) is 12.8 Å².